The third kappa shape index (κ3) is 5.21. The molecule has 10 nitrogen and oxygen atoms in total. The molecule has 2 radical (unpaired) electrons. The van der Waals surface area contributed by atoms with E-state index in [9.17, 15) is 19.2 Å². The van der Waals surface area contributed by atoms with Crippen LogP contribution in [-0.4, -0.2) is 157 Å². The Morgan fingerprint density at radius 2 is 0.700 bits per heavy atom. The summed E-state index contributed by atoms with van der Waals surface area (Å²) in [4.78, 5) is 48.7. The molecule has 20 heavy (non-hydrogen) atoms. The van der Waals surface area contributed by atoms with E-state index in [0.29, 0.717) is 0 Å². The van der Waals surface area contributed by atoms with Gasteiger partial charge in [0.2, 0.25) is 0 Å². The standard InChI is InChI=1S/C8H4N2O8.2K/c11-5(12)1-2(6(13)14)10-4(8(17)18)3(9-1)7(15)16;;/h(H,11,12)(H,13,14)(H,15,16)(H,17,18);;. The fourth-order valence-corrected chi connectivity index (χ4v) is 1.03. The smallest absolute Gasteiger partial charge is 0.357 e. The Bertz CT molecular complexity index is 490. The van der Waals surface area contributed by atoms with Crippen LogP contribution in [0, 0.1) is 0 Å². The Morgan fingerprint density at radius 1 is 0.550 bits per heavy atom. The van der Waals surface area contributed by atoms with Gasteiger partial charge in [0, 0.05) is 103 Å². The number of carboxylic acid groups (broad SMARTS) is 4. The van der Waals surface area contributed by atoms with Crippen molar-refractivity contribution >= 4 is 127 Å². The largest absolute Gasteiger partial charge is 0.476 e. The molecular formula is C8H4K2N2O8. The van der Waals surface area contributed by atoms with Crippen molar-refractivity contribution in [3.63, 3.8) is 0 Å². The van der Waals surface area contributed by atoms with Gasteiger partial charge in [-0.2, -0.15) is 0 Å². The van der Waals surface area contributed by atoms with E-state index in [1.807, 2.05) is 0 Å². The van der Waals surface area contributed by atoms with Gasteiger partial charge in [-0.1, -0.05) is 0 Å². The second-order valence-corrected chi connectivity index (χ2v) is 2.84. The van der Waals surface area contributed by atoms with Gasteiger partial charge in [0.1, 0.15) is 0 Å². The third-order valence-corrected chi connectivity index (χ3v) is 1.71. The number of hydrogen-bond donors (Lipinski definition) is 4. The molecule has 0 bridgehead atoms. The number of nitrogens with zero attached hydrogens (tertiary/aromatic N) is 2. The Kier molecular flexibility index (Phi) is 10.5. The molecular weight excluding hydrogens is 330 g/mol. The Labute approximate surface area is 195 Å². The van der Waals surface area contributed by atoms with Gasteiger partial charge in [0.15, 0.2) is 22.8 Å². The van der Waals surface area contributed by atoms with Crippen molar-refractivity contribution in [3.05, 3.63) is 22.8 Å². The summed E-state index contributed by atoms with van der Waals surface area (Å²) in [6, 6.07) is 0. The molecule has 0 aliphatic carbocycles. The zero-order valence-corrected chi connectivity index (χ0v) is 16.6. The maximum absolute atomic E-state index is 10.7. The molecule has 0 atom stereocenters. The Morgan fingerprint density at radius 3 is 0.800 bits per heavy atom. The average Bonchev–Trinajstić information content (AvgIpc) is 2.26. The first kappa shape index (κ1) is 22.5. The number of aromatic carboxylic acids is 4. The van der Waals surface area contributed by atoms with Crippen LogP contribution in [0.1, 0.15) is 42.0 Å². The molecule has 0 aliphatic heterocycles. The second-order valence-electron chi connectivity index (χ2n) is 2.84. The molecule has 0 fully saturated rings. The maximum atomic E-state index is 10.7. The van der Waals surface area contributed by atoms with Gasteiger partial charge in [0.05, 0.1) is 0 Å². The molecule has 1 aromatic rings. The van der Waals surface area contributed by atoms with E-state index in [2.05, 4.69) is 9.97 Å². The van der Waals surface area contributed by atoms with Crippen molar-refractivity contribution in [2.24, 2.45) is 0 Å². The first-order valence-corrected chi connectivity index (χ1v) is 4.11. The van der Waals surface area contributed by atoms with Crippen molar-refractivity contribution in [2.45, 2.75) is 0 Å². The zero-order valence-electron chi connectivity index (χ0n) is 10.3. The van der Waals surface area contributed by atoms with Crippen LogP contribution < -0.4 is 0 Å². The molecule has 0 aliphatic rings. The van der Waals surface area contributed by atoms with E-state index in [1.165, 1.54) is 0 Å². The minimum Gasteiger partial charge on any atom is -0.476 e. The van der Waals surface area contributed by atoms with E-state index >= 15 is 0 Å². The fourth-order valence-electron chi connectivity index (χ4n) is 1.03. The van der Waals surface area contributed by atoms with E-state index in [4.69, 9.17) is 20.4 Å². The molecule has 96 valence electrons. The minimum absolute atomic E-state index is 0. The van der Waals surface area contributed by atoms with Crippen LogP contribution in [0.25, 0.3) is 0 Å². The molecule has 0 spiro atoms. The van der Waals surface area contributed by atoms with E-state index in [1.54, 1.807) is 0 Å². The van der Waals surface area contributed by atoms with Gasteiger partial charge in [0.25, 0.3) is 0 Å². The summed E-state index contributed by atoms with van der Waals surface area (Å²) in [7, 11) is 0. The number of carbonyl (C=O) groups is 4. The molecule has 1 rings (SSSR count). The van der Waals surface area contributed by atoms with E-state index < -0.39 is 46.7 Å². The van der Waals surface area contributed by atoms with E-state index in [0.717, 1.165) is 0 Å². The number of rotatable bonds is 4. The molecule has 1 aromatic heterocycles. The van der Waals surface area contributed by atoms with Crippen LogP contribution in [-0.2, 0) is 0 Å². The Balaban J connectivity index is 0. The first-order chi connectivity index (χ1) is 8.25. The van der Waals surface area contributed by atoms with Gasteiger partial charge in [-0.3, -0.25) is 0 Å². The molecule has 1 heterocycles. The summed E-state index contributed by atoms with van der Waals surface area (Å²) >= 11 is 0. The van der Waals surface area contributed by atoms with Gasteiger partial charge in [-0.15, -0.1) is 0 Å². The van der Waals surface area contributed by atoms with Crippen LogP contribution in [0.4, 0.5) is 0 Å². The molecule has 0 saturated carbocycles. The summed E-state index contributed by atoms with van der Waals surface area (Å²) in [6.07, 6.45) is 0. The van der Waals surface area contributed by atoms with Crippen LogP contribution >= 0.6 is 0 Å². The van der Waals surface area contributed by atoms with Crippen LogP contribution in [0.5, 0.6) is 0 Å². The first-order valence-electron chi connectivity index (χ1n) is 4.11. The summed E-state index contributed by atoms with van der Waals surface area (Å²) in [5, 5.41) is 34.6. The van der Waals surface area contributed by atoms with Crippen molar-refractivity contribution in [2.75, 3.05) is 0 Å². The number of carboxylic acids is 4. The van der Waals surface area contributed by atoms with Crippen molar-refractivity contribution < 1.29 is 39.6 Å². The number of aromatic nitrogens is 2. The average molecular weight is 334 g/mol. The summed E-state index contributed by atoms with van der Waals surface area (Å²) in [5.41, 5.74) is -4.59. The second kappa shape index (κ2) is 9.29. The quantitative estimate of drug-likeness (QED) is 0.474. The van der Waals surface area contributed by atoms with Gasteiger partial charge in [-0.05, 0) is 0 Å². The summed E-state index contributed by atoms with van der Waals surface area (Å²) in [6.45, 7) is 0. The maximum Gasteiger partial charge on any atom is 0.357 e. The summed E-state index contributed by atoms with van der Waals surface area (Å²) in [5.74, 6) is -7.34. The van der Waals surface area contributed by atoms with Crippen molar-refractivity contribution in [1.82, 2.24) is 9.97 Å². The van der Waals surface area contributed by atoms with Crippen molar-refractivity contribution in [1.29, 1.82) is 0 Å². The predicted octanol–water partition coefficient (Wildman–Crippen LogP) is -1.49. The van der Waals surface area contributed by atoms with Crippen LogP contribution in [0.3, 0.4) is 0 Å². The molecule has 0 amide bonds. The SMILES string of the molecule is O=C(O)c1nc(C(=O)O)c(C(=O)O)nc1C(=O)O.[K].[K]. The molecule has 0 unspecified atom stereocenters. The van der Waals surface area contributed by atoms with Gasteiger partial charge >= 0.3 is 23.9 Å². The molecule has 0 saturated heterocycles. The van der Waals surface area contributed by atoms with Crippen LogP contribution in [0.2, 0.25) is 0 Å². The summed E-state index contributed by atoms with van der Waals surface area (Å²) < 4.78 is 0. The predicted molar refractivity (Wildman–Crippen MR) is 61.4 cm³/mol. The van der Waals surface area contributed by atoms with Crippen molar-refractivity contribution in [3.8, 4) is 0 Å². The minimum atomic E-state index is -1.83. The monoisotopic (exact) mass is 334 g/mol. The normalized spacial score (nSPS) is 8.80. The van der Waals surface area contributed by atoms with Gasteiger partial charge < -0.3 is 20.4 Å². The molecule has 4 N–H and O–H groups in total. The fraction of sp³-hybridized carbons (Fsp3) is 0. The number of hydrogen-bond acceptors (Lipinski definition) is 6. The zero-order chi connectivity index (χ0) is 14.0. The third-order valence-electron chi connectivity index (χ3n) is 1.71. The Hall–Kier alpha value is 0.233. The van der Waals surface area contributed by atoms with Crippen LogP contribution in [0.15, 0.2) is 0 Å². The topological polar surface area (TPSA) is 175 Å². The van der Waals surface area contributed by atoms with Gasteiger partial charge in [-0.25, -0.2) is 29.1 Å². The van der Waals surface area contributed by atoms with E-state index in [-0.39, 0.29) is 103 Å². The molecule has 0 aromatic carbocycles. The molecule has 12 heteroatoms.